The van der Waals surface area contributed by atoms with Crippen molar-refractivity contribution in [2.24, 2.45) is 5.41 Å². The first-order valence-corrected chi connectivity index (χ1v) is 6.30. The number of hydrogen-bond acceptors (Lipinski definition) is 2. The molecule has 0 bridgehead atoms. The molecule has 0 aliphatic heterocycles. The summed E-state index contributed by atoms with van der Waals surface area (Å²) < 4.78 is 6.07. The summed E-state index contributed by atoms with van der Waals surface area (Å²) in [5, 5.41) is 3.37. The molecule has 98 valence electrons. The van der Waals surface area contributed by atoms with Gasteiger partial charge in [-0.25, -0.2) is 0 Å². The van der Waals surface area contributed by atoms with E-state index >= 15 is 0 Å². The Morgan fingerprint density at radius 2 is 1.44 bits per heavy atom. The molecule has 0 aromatic heterocycles. The normalized spacial score (nSPS) is 14.6. The highest BCUT2D eigenvalue weighted by Gasteiger charge is 2.41. The maximum absolute atomic E-state index is 6.07. The lowest BCUT2D eigenvalue weighted by Gasteiger charge is -2.46. The van der Waals surface area contributed by atoms with Crippen molar-refractivity contribution in [2.75, 3.05) is 7.05 Å². The van der Waals surface area contributed by atoms with Crippen molar-refractivity contribution >= 4 is 0 Å². The molecule has 0 aromatic carbocycles. The van der Waals surface area contributed by atoms with Crippen molar-refractivity contribution in [1.82, 2.24) is 5.32 Å². The lowest BCUT2D eigenvalue weighted by Crippen LogP contribution is -2.50. The minimum absolute atomic E-state index is 0.116. The molecule has 0 saturated heterocycles. The van der Waals surface area contributed by atoms with Gasteiger partial charge in [-0.05, 0) is 60.4 Å². The Morgan fingerprint density at radius 1 is 1.00 bits per heavy atom. The summed E-state index contributed by atoms with van der Waals surface area (Å²) in [6, 6.07) is 0. The third-order valence-electron chi connectivity index (χ3n) is 3.72. The monoisotopic (exact) mass is 229 g/mol. The molecule has 0 saturated carbocycles. The first kappa shape index (κ1) is 15.9. The minimum Gasteiger partial charge on any atom is -0.372 e. The number of rotatable bonds is 6. The Hall–Kier alpha value is -0.0800. The van der Waals surface area contributed by atoms with E-state index in [4.69, 9.17) is 4.74 Å². The van der Waals surface area contributed by atoms with Gasteiger partial charge >= 0.3 is 0 Å². The highest BCUT2D eigenvalue weighted by molar-refractivity contribution is 4.94. The molecule has 0 aromatic rings. The molecule has 0 spiro atoms. The van der Waals surface area contributed by atoms with E-state index in [2.05, 4.69) is 60.7 Å². The van der Waals surface area contributed by atoms with Gasteiger partial charge in [0.05, 0.1) is 11.7 Å². The molecule has 0 unspecified atom stereocenters. The summed E-state index contributed by atoms with van der Waals surface area (Å²) in [7, 11) is 2.02. The molecule has 0 aliphatic carbocycles. The maximum atomic E-state index is 6.07. The van der Waals surface area contributed by atoms with Gasteiger partial charge in [0.15, 0.2) is 0 Å². The molecule has 0 rings (SSSR count). The molecular weight excluding hydrogens is 198 g/mol. The second-order valence-electron chi connectivity index (χ2n) is 6.87. The van der Waals surface area contributed by atoms with E-state index in [1.54, 1.807) is 0 Å². The van der Waals surface area contributed by atoms with E-state index < -0.39 is 0 Å². The quantitative estimate of drug-likeness (QED) is 0.751. The second-order valence-corrected chi connectivity index (χ2v) is 6.87. The first-order valence-electron chi connectivity index (χ1n) is 6.30. The summed E-state index contributed by atoms with van der Waals surface area (Å²) in [5.74, 6) is 0. The molecule has 0 radical (unpaired) electrons. The van der Waals surface area contributed by atoms with Gasteiger partial charge in [-0.2, -0.15) is 0 Å². The zero-order valence-electron chi connectivity index (χ0n) is 12.7. The summed E-state index contributed by atoms with van der Waals surface area (Å²) in [6.07, 6.45) is 1.35. The summed E-state index contributed by atoms with van der Waals surface area (Å²) in [5.41, 5.74) is 0.153. The second kappa shape index (κ2) is 5.05. The highest BCUT2D eigenvalue weighted by Crippen LogP contribution is 2.40. The molecule has 1 N–H and O–H groups in total. The lowest BCUT2D eigenvalue weighted by atomic mass is 9.69. The van der Waals surface area contributed by atoms with Crippen LogP contribution >= 0.6 is 0 Å². The van der Waals surface area contributed by atoms with Crippen LogP contribution in [0.25, 0.3) is 0 Å². The third kappa shape index (κ3) is 4.42. The molecule has 2 nitrogen and oxygen atoms in total. The van der Waals surface area contributed by atoms with Crippen LogP contribution in [0.1, 0.15) is 61.8 Å². The molecule has 0 aliphatic rings. The van der Waals surface area contributed by atoms with E-state index in [0.717, 1.165) is 6.42 Å². The van der Waals surface area contributed by atoms with Crippen LogP contribution in [0.3, 0.4) is 0 Å². The molecular formula is C14H31NO. The molecule has 0 amide bonds. The van der Waals surface area contributed by atoms with Crippen molar-refractivity contribution < 1.29 is 4.74 Å². The predicted octanol–water partition coefficient (Wildman–Crippen LogP) is 3.60. The Balaban J connectivity index is 4.76. The van der Waals surface area contributed by atoms with Gasteiger partial charge in [-0.1, -0.05) is 13.8 Å². The Labute approximate surface area is 102 Å². The first-order chi connectivity index (χ1) is 6.93. The summed E-state index contributed by atoms with van der Waals surface area (Å²) >= 11 is 0. The van der Waals surface area contributed by atoms with Crippen molar-refractivity contribution in [3.63, 3.8) is 0 Å². The fourth-order valence-corrected chi connectivity index (χ4v) is 2.15. The Kier molecular flexibility index (Phi) is 5.03. The predicted molar refractivity (Wildman–Crippen MR) is 71.8 cm³/mol. The highest BCUT2D eigenvalue weighted by atomic mass is 16.5. The smallest absolute Gasteiger partial charge is 0.0681 e. The van der Waals surface area contributed by atoms with E-state index in [0.29, 0.717) is 0 Å². The zero-order chi connectivity index (χ0) is 13.2. The van der Waals surface area contributed by atoms with E-state index in [-0.39, 0.29) is 22.7 Å². The van der Waals surface area contributed by atoms with Crippen LogP contribution in [0.2, 0.25) is 0 Å². The molecule has 0 atom stereocenters. The molecule has 16 heavy (non-hydrogen) atoms. The van der Waals surface area contributed by atoms with E-state index in [9.17, 15) is 0 Å². The van der Waals surface area contributed by atoms with Crippen LogP contribution < -0.4 is 5.32 Å². The van der Waals surface area contributed by atoms with Gasteiger partial charge in [0.25, 0.3) is 0 Å². The van der Waals surface area contributed by atoms with E-state index in [1.165, 1.54) is 0 Å². The van der Waals surface area contributed by atoms with Crippen LogP contribution in [0.5, 0.6) is 0 Å². The van der Waals surface area contributed by atoms with Crippen molar-refractivity contribution in [3.05, 3.63) is 0 Å². The van der Waals surface area contributed by atoms with Gasteiger partial charge in [0, 0.05) is 5.54 Å². The largest absolute Gasteiger partial charge is 0.372 e. The van der Waals surface area contributed by atoms with Crippen molar-refractivity contribution in [2.45, 2.75) is 79.1 Å². The summed E-state index contributed by atoms with van der Waals surface area (Å²) in [4.78, 5) is 0. The standard InChI is InChI=1S/C14H31NO/c1-11(2)16-14(7,8)12(3,4)10-13(5,6)15-9/h11,15H,10H2,1-9H3. The van der Waals surface area contributed by atoms with Gasteiger partial charge in [0.2, 0.25) is 0 Å². The fraction of sp³-hybridized carbons (Fsp3) is 1.00. The van der Waals surface area contributed by atoms with Crippen LogP contribution in [-0.4, -0.2) is 24.3 Å². The fourth-order valence-electron chi connectivity index (χ4n) is 2.15. The Morgan fingerprint density at radius 3 is 1.75 bits per heavy atom. The minimum atomic E-state index is -0.116. The van der Waals surface area contributed by atoms with Crippen molar-refractivity contribution in [1.29, 1.82) is 0 Å². The maximum Gasteiger partial charge on any atom is 0.0681 e. The van der Waals surface area contributed by atoms with Crippen LogP contribution in [-0.2, 0) is 4.74 Å². The number of hydrogen-bond donors (Lipinski definition) is 1. The number of nitrogens with one attached hydrogen (secondary N) is 1. The van der Waals surface area contributed by atoms with Crippen LogP contribution in [0, 0.1) is 5.41 Å². The van der Waals surface area contributed by atoms with Gasteiger partial charge in [-0.3, -0.25) is 0 Å². The SMILES string of the molecule is CNC(C)(C)CC(C)(C)C(C)(C)OC(C)C. The molecule has 0 fully saturated rings. The lowest BCUT2D eigenvalue weighted by molar-refractivity contribution is -0.133. The third-order valence-corrected chi connectivity index (χ3v) is 3.72. The van der Waals surface area contributed by atoms with Gasteiger partial charge in [-0.15, -0.1) is 0 Å². The van der Waals surface area contributed by atoms with Gasteiger partial charge in [0.1, 0.15) is 0 Å². The Bertz CT molecular complexity index is 217. The zero-order valence-corrected chi connectivity index (χ0v) is 12.7. The van der Waals surface area contributed by atoms with Crippen molar-refractivity contribution in [3.8, 4) is 0 Å². The van der Waals surface area contributed by atoms with E-state index in [1.807, 2.05) is 7.05 Å². The molecule has 2 heteroatoms. The van der Waals surface area contributed by atoms with Crippen LogP contribution in [0.15, 0.2) is 0 Å². The van der Waals surface area contributed by atoms with Crippen LogP contribution in [0.4, 0.5) is 0 Å². The average molecular weight is 229 g/mol. The topological polar surface area (TPSA) is 21.3 Å². The number of ether oxygens (including phenoxy) is 1. The molecule has 0 heterocycles. The average Bonchev–Trinajstić information content (AvgIpc) is 1.99. The van der Waals surface area contributed by atoms with Gasteiger partial charge < -0.3 is 10.1 Å². The summed E-state index contributed by atoms with van der Waals surface area (Å²) in [6.45, 7) is 17.6.